The number of aromatic nitrogens is 1. The number of pyridine rings is 1. The van der Waals surface area contributed by atoms with Crippen LogP contribution in [0.1, 0.15) is 31.7 Å². The molecule has 1 aromatic heterocycles. The van der Waals surface area contributed by atoms with Gasteiger partial charge in [0.1, 0.15) is 5.75 Å². The second kappa shape index (κ2) is 8.77. The van der Waals surface area contributed by atoms with Crippen molar-refractivity contribution >= 4 is 16.8 Å². The lowest BCUT2D eigenvalue weighted by molar-refractivity contribution is -0.132. The minimum Gasteiger partial charge on any atom is -0.496 e. The Labute approximate surface area is 183 Å². The van der Waals surface area contributed by atoms with Gasteiger partial charge in [-0.1, -0.05) is 37.3 Å². The molecule has 0 N–H and O–H groups in total. The molecule has 0 saturated carbocycles. The Hall–Kier alpha value is -3.39. The lowest BCUT2D eigenvalue weighted by Crippen LogP contribution is -2.43. The molecule has 2 aromatic carbocycles. The summed E-state index contributed by atoms with van der Waals surface area (Å²) in [6, 6.07) is 18.9. The van der Waals surface area contributed by atoms with E-state index >= 15 is 0 Å². The number of hydrogen-bond donors (Lipinski definition) is 0. The molecule has 0 radical (unpaired) electrons. The molecule has 1 aliphatic rings. The zero-order valence-electron chi connectivity index (χ0n) is 18.1. The molecule has 4 rings (SSSR count). The highest BCUT2D eigenvalue weighted by Gasteiger charge is 2.36. The molecule has 0 aliphatic carbocycles. The van der Waals surface area contributed by atoms with Gasteiger partial charge in [0, 0.05) is 36.7 Å². The molecule has 0 bridgehead atoms. The highest BCUT2D eigenvalue weighted by molar-refractivity contribution is 5.88. The minimum absolute atomic E-state index is 0.176. The smallest absolute Gasteiger partial charge is 0.222 e. The van der Waals surface area contributed by atoms with Crippen molar-refractivity contribution in [2.75, 3.05) is 20.2 Å². The lowest BCUT2D eigenvalue weighted by Gasteiger charge is -2.37. The monoisotopic (exact) mass is 413 g/mol. The van der Waals surface area contributed by atoms with Crippen molar-refractivity contribution in [3.63, 3.8) is 0 Å². The van der Waals surface area contributed by atoms with Crippen LogP contribution >= 0.6 is 0 Å². The number of ether oxygens (including phenoxy) is 1. The van der Waals surface area contributed by atoms with E-state index in [1.807, 2.05) is 30.0 Å². The molecular weight excluding hydrogens is 386 g/mol. The Morgan fingerprint density at radius 2 is 1.94 bits per heavy atom. The first-order valence-electron chi connectivity index (χ1n) is 10.8. The second-order valence-corrected chi connectivity index (χ2v) is 8.25. The van der Waals surface area contributed by atoms with Crippen LogP contribution in [0.2, 0.25) is 0 Å². The van der Waals surface area contributed by atoms with Gasteiger partial charge in [-0.3, -0.25) is 9.78 Å². The summed E-state index contributed by atoms with van der Waals surface area (Å²) in [6.07, 6.45) is 4.47. The summed E-state index contributed by atoms with van der Waals surface area (Å²) in [7, 11) is 1.68. The van der Waals surface area contributed by atoms with Crippen molar-refractivity contribution in [1.82, 2.24) is 9.88 Å². The van der Waals surface area contributed by atoms with E-state index in [2.05, 4.69) is 41.4 Å². The molecule has 1 saturated heterocycles. The number of methoxy groups -OCH3 is 1. The number of carbonyl (C=O) groups excluding carboxylic acids is 1. The number of carbonyl (C=O) groups is 1. The predicted octanol–water partition coefficient (Wildman–Crippen LogP) is 5.00. The fourth-order valence-electron chi connectivity index (χ4n) is 4.42. The van der Waals surface area contributed by atoms with E-state index in [0.717, 1.165) is 46.2 Å². The van der Waals surface area contributed by atoms with Crippen LogP contribution in [0, 0.1) is 16.7 Å². The van der Waals surface area contributed by atoms with E-state index in [1.54, 1.807) is 13.3 Å². The second-order valence-electron chi connectivity index (χ2n) is 8.25. The number of likely N-dealkylation sites (tertiary alicyclic amines) is 1. The number of hydrogen-bond acceptors (Lipinski definition) is 4. The number of rotatable bonds is 5. The highest BCUT2D eigenvalue weighted by Crippen LogP contribution is 2.37. The third-order valence-electron chi connectivity index (χ3n) is 6.34. The number of amides is 1. The first-order valence-corrected chi connectivity index (χ1v) is 10.8. The zero-order valence-corrected chi connectivity index (χ0v) is 18.1. The summed E-state index contributed by atoms with van der Waals surface area (Å²) >= 11 is 0. The molecule has 5 nitrogen and oxygen atoms in total. The van der Waals surface area contributed by atoms with Crippen LogP contribution in [0.5, 0.6) is 5.75 Å². The maximum absolute atomic E-state index is 12.0. The van der Waals surface area contributed by atoms with Gasteiger partial charge >= 0.3 is 0 Å². The summed E-state index contributed by atoms with van der Waals surface area (Å²) in [6.45, 7) is 3.22. The third-order valence-corrected chi connectivity index (χ3v) is 6.34. The molecule has 3 aromatic rings. The van der Waals surface area contributed by atoms with E-state index in [0.29, 0.717) is 25.9 Å². The molecule has 0 atom stereocenters. The van der Waals surface area contributed by atoms with Crippen molar-refractivity contribution in [1.29, 1.82) is 5.26 Å². The van der Waals surface area contributed by atoms with Crippen molar-refractivity contribution in [3.8, 4) is 22.9 Å². The average molecular weight is 414 g/mol. The SMILES string of the molecule is CCC(=O)N1CCC(C#N)(Cc2ccc(-c3cc4ncccc4cc3OC)cc2)CC1. The Balaban J connectivity index is 1.54. The Kier molecular flexibility index (Phi) is 5.90. The van der Waals surface area contributed by atoms with Crippen LogP contribution < -0.4 is 4.74 Å². The summed E-state index contributed by atoms with van der Waals surface area (Å²) < 4.78 is 5.63. The molecule has 31 heavy (non-hydrogen) atoms. The van der Waals surface area contributed by atoms with Gasteiger partial charge in [-0.15, -0.1) is 0 Å². The van der Waals surface area contributed by atoms with Crippen LogP contribution in [0.3, 0.4) is 0 Å². The van der Waals surface area contributed by atoms with Gasteiger partial charge < -0.3 is 9.64 Å². The molecule has 0 unspecified atom stereocenters. The largest absolute Gasteiger partial charge is 0.496 e. The van der Waals surface area contributed by atoms with Gasteiger partial charge in [0.25, 0.3) is 0 Å². The average Bonchev–Trinajstić information content (AvgIpc) is 2.83. The molecule has 2 heterocycles. The molecule has 158 valence electrons. The molecule has 1 fully saturated rings. The molecular formula is C26H27N3O2. The van der Waals surface area contributed by atoms with Gasteiger partial charge in [0.15, 0.2) is 0 Å². The fraction of sp³-hybridized carbons (Fsp3) is 0.346. The summed E-state index contributed by atoms with van der Waals surface area (Å²) in [4.78, 5) is 18.3. The first-order chi connectivity index (χ1) is 15.1. The number of nitrogens with zero attached hydrogens (tertiary/aromatic N) is 3. The number of piperidine rings is 1. The van der Waals surface area contributed by atoms with Crippen molar-refractivity contribution < 1.29 is 9.53 Å². The van der Waals surface area contributed by atoms with Gasteiger partial charge in [-0.25, -0.2) is 0 Å². The van der Waals surface area contributed by atoms with Gasteiger partial charge in [-0.2, -0.15) is 5.26 Å². The van der Waals surface area contributed by atoms with E-state index in [4.69, 9.17) is 4.74 Å². The van der Waals surface area contributed by atoms with Crippen molar-refractivity contribution in [3.05, 3.63) is 60.3 Å². The molecule has 5 heteroatoms. The molecule has 1 aliphatic heterocycles. The summed E-state index contributed by atoms with van der Waals surface area (Å²) in [5.74, 6) is 0.990. The van der Waals surface area contributed by atoms with Crippen molar-refractivity contribution in [2.24, 2.45) is 5.41 Å². The predicted molar refractivity (Wildman–Crippen MR) is 122 cm³/mol. The third kappa shape index (κ3) is 4.25. The maximum Gasteiger partial charge on any atom is 0.222 e. The van der Waals surface area contributed by atoms with Crippen LogP contribution in [0.15, 0.2) is 54.7 Å². The van der Waals surface area contributed by atoms with Crippen molar-refractivity contribution in [2.45, 2.75) is 32.6 Å². The van der Waals surface area contributed by atoms with Crippen LogP contribution in [0.4, 0.5) is 0 Å². The Morgan fingerprint density at radius 1 is 1.19 bits per heavy atom. The number of nitriles is 1. The summed E-state index contributed by atoms with van der Waals surface area (Å²) in [5.41, 5.74) is 3.72. The molecule has 1 amide bonds. The van der Waals surface area contributed by atoms with Gasteiger partial charge in [0.05, 0.1) is 24.1 Å². The Bertz CT molecular complexity index is 1120. The lowest BCUT2D eigenvalue weighted by atomic mass is 9.75. The highest BCUT2D eigenvalue weighted by atomic mass is 16.5. The van der Waals surface area contributed by atoms with Crippen LogP contribution in [-0.2, 0) is 11.2 Å². The standard InChI is InChI=1S/C26H27N3O2/c1-3-25(30)29-13-10-26(18-27,11-14-29)17-19-6-8-20(9-7-19)22-16-23-21(5-4-12-28-23)15-24(22)31-2/h4-9,12,15-16H,3,10-11,13-14,17H2,1-2H3. The van der Waals surface area contributed by atoms with E-state index in [9.17, 15) is 10.1 Å². The van der Waals surface area contributed by atoms with E-state index < -0.39 is 5.41 Å². The van der Waals surface area contributed by atoms with E-state index in [1.165, 1.54) is 0 Å². The van der Waals surface area contributed by atoms with Crippen LogP contribution in [-0.4, -0.2) is 36.0 Å². The first kappa shape index (κ1) is 20.9. The quantitative estimate of drug-likeness (QED) is 0.591. The van der Waals surface area contributed by atoms with E-state index in [-0.39, 0.29) is 5.91 Å². The normalized spacial score (nSPS) is 15.5. The number of benzene rings is 2. The van der Waals surface area contributed by atoms with Gasteiger partial charge in [0.2, 0.25) is 5.91 Å². The Morgan fingerprint density at radius 3 is 2.58 bits per heavy atom. The van der Waals surface area contributed by atoms with Crippen LogP contribution in [0.25, 0.3) is 22.0 Å². The zero-order chi connectivity index (χ0) is 21.8. The topological polar surface area (TPSA) is 66.2 Å². The fourth-order valence-corrected chi connectivity index (χ4v) is 4.42. The minimum atomic E-state index is -0.406. The maximum atomic E-state index is 12.0. The van der Waals surface area contributed by atoms with Gasteiger partial charge in [-0.05, 0) is 48.6 Å². The molecule has 0 spiro atoms. The summed E-state index contributed by atoms with van der Waals surface area (Å²) in [5, 5.41) is 11.0. The number of fused-ring (bicyclic) bond motifs is 1.